The maximum atomic E-state index is 11.4. The molecule has 9 rings (SSSR count). The van der Waals surface area contributed by atoms with Gasteiger partial charge in [-0.2, -0.15) is 0 Å². The van der Waals surface area contributed by atoms with Crippen LogP contribution in [0.4, 0.5) is 0 Å². The van der Waals surface area contributed by atoms with Gasteiger partial charge in [0.05, 0.1) is 110 Å². The van der Waals surface area contributed by atoms with Crippen LogP contribution >= 0.6 is 162 Å². The van der Waals surface area contributed by atoms with Gasteiger partial charge in [0.25, 0.3) is 22.7 Å². The number of nitrogens with zero attached hydrogens (tertiary/aromatic N) is 5. The molecule has 0 spiro atoms. The van der Waals surface area contributed by atoms with Gasteiger partial charge in [0.1, 0.15) is 0 Å². The Kier molecular flexibility index (Phi) is 56.0. The molecule has 6 N–H and O–H groups in total. The highest BCUT2D eigenvalue weighted by Gasteiger charge is 2.42. The maximum absolute atomic E-state index is 11.4. The zero-order valence-corrected chi connectivity index (χ0v) is 84.2. The van der Waals surface area contributed by atoms with Crippen LogP contribution in [0.3, 0.4) is 0 Å². The van der Waals surface area contributed by atoms with E-state index in [0.717, 1.165) is 22.3 Å². The number of esters is 1. The van der Waals surface area contributed by atoms with Crippen molar-refractivity contribution in [1.29, 1.82) is 0 Å². The van der Waals surface area contributed by atoms with E-state index in [9.17, 15) is 34.2 Å². The zero-order valence-electron chi connectivity index (χ0n) is 73.6. The quantitative estimate of drug-likeness (QED) is 0.0121. The van der Waals surface area contributed by atoms with Gasteiger partial charge in [-0.05, 0) is 168 Å². The molecule has 9 aromatic carbocycles. The van der Waals surface area contributed by atoms with Gasteiger partial charge in [-0.25, -0.2) is 32.9 Å². The second-order valence-electron chi connectivity index (χ2n) is 30.2. The highest BCUT2D eigenvalue weighted by atomic mass is 35.5. The van der Waals surface area contributed by atoms with Crippen molar-refractivity contribution in [3.05, 3.63) is 418 Å². The summed E-state index contributed by atoms with van der Waals surface area (Å²) in [6, 6.07) is 50.5. The number of benzene rings is 9. The number of ether oxygens (including phenoxy) is 1. The third kappa shape index (κ3) is 38.9. The molecule has 0 aliphatic heterocycles. The summed E-state index contributed by atoms with van der Waals surface area (Å²) in [5.74, 6) is -3.41. The van der Waals surface area contributed by atoms with Crippen LogP contribution in [0, 0.1) is 32.9 Å². The lowest BCUT2D eigenvalue weighted by Crippen LogP contribution is -2.31. The van der Waals surface area contributed by atoms with Gasteiger partial charge in [-0.1, -0.05) is 273 Å². The van der Waals surface area contributed by atoms with Gasteiger partial charge in [-0.15, -0.1) is 39.5 Å². The predicted octanol–water partition coefficient (Wildman–Crippen LogP) is 33.0. The summed E-state index contributed by atoms with van der Waals surface area (Å²) >= 11 is 82.3. The molecule has 0 fully saturated rings. The van der Waals surface area contributed by atoms with Gasteiger partial charge in [0.2, 0.25) is 6.54 Å². The van der Waals surface area contributed by atoms with Crippen LogP contribution in [0.15, 0.2) is 246 Å². The summed E-state index contributed by atoms with van der Waals surface area (Å²) in [5.41, 5.74) is 2.68. The van der Waals surface area contributed by atoms with E-state index in [1.165, 1.54) is 23.4 Å². The standard InChI is InChI=1S/C15H18Cl2O3.3C14H13Cl2NO2.C14H16Cl2O3.C13H14.C11H9Cl2N.C8H5Cl2N/c1-3-7-15(10-18,8-6-14(19)20-2)11-4-5-12(16)13(17)9-11;3*1-3-7-14(17-2,8-6-13(18)19)10-4-5-11(15)12(16)9-10;1-2-6-14(9-17,7-5-13(18)19)10-3-4-11(15)12(16)8-10;1-10(2)12-9-5-7-11-6-3-4-8-13(11)12;1-3-4-11(14-2)8-5-6-9(12)10(13)7-8;1-11-5-6-2-3-7(9)8(10)4-6/h3-5,9,18H,1,6-8,10H2,2H3;3*3-5,9H,1,6-8H2,(H,18,19);2-4,8,17H,1,5-7,9H2,(H,18,19);3-10H,1-2H3;3,5-7,11H,1,4H2;2-4H,5H2/t15-;2*14-;;14-;;;/m011.0.../s1. The second kappa shape index (κ2) is 62.2. The Morgan fingerprint density at radius 2 is 0.687 bits per heavy atom. The number of carbonyl (C=O) groups excluding carboxylic acids is 1. The molecule has 17 nitrogen and oxygen atoms in total. The highest BCUT2D eigenvalue weighted by molar-refractivity contribution is 6.45. The Morgan fingerprint density at radius 1 is 0.373 bits per heavy atom. The fourth-order valence-electron chi connectivity index (χ4n) is 13.4. The molecular formula is C103H101Cl14N5O12. The monoisotopic (exact) mass is 2090 g/mol. The fraction of sp³-hybridized carbons (Fsp3) is 0.282. The van der Waals surface area contributed by atoms with E-state index in [1.807, 2.05) is 12.1 Å². The van der Waals surface area contributed by atoms with Gasteiger partial charge in [-0.3, -0.25) is 24.0 Å². The smallest absolute Gasteiger partial charge is 0.305 e. The highest BCUT2D eigenvalue weighted by Crippen LogP contribution is 2.44. The number of carbonyl (C=O) groups is 5. The minimum absolute atomic E-state index is 0.0331. The first-order valence-corrected chi connectivity index (χ1v) is 46.1. The molecule has 0 bridgehead atoms. The summed E-state index contributed by atoms with van der Waals surface area (Å²) in [5, 5.41) is 63.5. The number of hydrogen-bond acceptors (Lipinski definition) is 8. The predicted molar refractivity (Wildman–Crippen MR) is 553 cm³/mol. The van der Waals surface area contributed by atoms with Crippen LogP contribution in [-0.2, 0) is 62.7 Å². The number of aliphatic hydroxyl groups is 2. The Hall–Kier alpha value is -9.54. The lowest BCUT2D eigenvalue weighted by Gasteiger charge is -2.31. The van der Waals surface area contributed by atoms with Gasteiger partial charge < -0.3 is 59.6 Å². The van der Waals surface area contributed by atoms with Crippen LogP contribution in [0.2, 0.25) is 70.3 Å². The Labute approximate surface area is 855 Å². The van der Waals surface area contributed by atoms with E-state index in [1.54, 1.807) is 152 Å². The largest absolute Gasteiger partial charge is 0.481 e. The Morgan fingerprint density at radius 3 is 0.985 bits per heavy atom. The zero-order chi connectivity index (χ0) is 101. The van der Waals surface area contributed by atoms with Crippen LogP contribution in [0.1, 0.15) is 173 Å². The van der Waals surface area contributed by atoms with Gasteiger partial charge in [0, 0.05) is 96.4 Å². The van der Waals surface area contributed by atoms with Crippen molar-refractivity contribution in [2.45, 2.75) is 163 Å². The van der Waals surface area contributed by atoms with Crippen LogP contribution < -0.4 is 0 Å². The minimum atomic E-state index is -0.950. The third-order valence-electron chi connectivity index (χ3n) is 20.9. The number of carboxylic acid groups (broad SMARTS) is 4. The molecule has 9 aromatic rings. The minimum Gasteiger partial charge on any atom is -0.481 e. The maximum Gasteiger partial charge on any atom is 0.305 e. The summed E-state index contributed by atoms with van der Waals surface area (Å²) < 4.78 is 4.65. The average molecular weight is 2100 g/mol. The second-order valence-corrected chi connectivity index (χ2v) is 35.9. The van der Waals surface area contributed by atoms with E-state index < -0.39 is 51.3 Å². The number of carboxylic acids is 4. The number of aliphatic hydroxyl groups excluding tert-OH is 2. The van der Waals surface area contributed by atoms with E-state index in [0.29, 0.717) is 151 Å². The summed E-state index contributed by atoms with van der Waals surface area (Å²) in [4.78, 5) is 72.0. The van der Waals surface area contributed by atoms with Crippen molar-refractivity contribution in [3.8, 4) is 0 Å². The normalized spacial score (nSPS) is 12.7. The molecule has 0 aliphatic carbocycles. The van der Waals surface area contributed by atoms with E-state index in [2.05, 4.69) is 125 Å². The summed E-state index contributed by atoms with van der Waals surface area (Å²) in [6.07, 6.45) is 13.9. The number of hydrogen-bond donors (Lipinski definition) is 6. The van der Waals surface area contributed by atoms with E-state index >= 15 is 0 Å². The van der Waals surface area contributed by atoms with Crippen molar-refractivity contribution in [2.24, 2.45) is 0 Å². The lowest BCUT2D eigenvalue weighted by molar-refractivity contribution is -0.141. The molecule has 0 radical (unpaired) electrons. The third-order valence-corrected chi connectivity index (χ3v) is 26.0. The molecule has 708 valence electrons. The topological polar surface area (TPSA) is 238 Å². The Balaban J connectivity index is 0.000000521. The summed E-state index contributed by atoms with van der Waals surface area (Å²) in [6.45, 7) is 62.4. The molecule has 0 heterocycles. The first-order chi connectivity index (χ1) is 63.5. The molecule has 6 atom stereocenters. The number of methoxy groups -OCH3 is 1. The molecule has 0 saturated heterocycles. The number of rotatable bonds is 37. The SMILES string of the molecule is C=CC[C@@](CO)(CCC(=O)O)c1ccc(Cl)c(Cl)c1.C=CC[C@@](CO)(CCC(=O)OC)c1ccc(Cl)c(Cl)c1.CC(C)c1cccc2ccccc12.[C-]#[N+]C(CC=C)(CCC(=O)O)c1ccc(Cl)c(Cl)c1.[C-]#[N+]C(CC=C)c1ccc(Cl)c(Cl)c1.[C-]#[N+]Cc1ccc(Cl)c(Cl)c1.[C-]#[N+][C@](CC=C)(CCC(=O)O)c1ccc(Cl)c(Cl)c1.[C-]#[N+][C@](CC=C)(CCC(=O)O)c1ccc(Cl)c(Cl)c1. The van der Waals surface area contributed by atoms with E-state index in [4.69, 9.17) is 216 Å². The Bertz CT molecular complexity index is 5510. The van der Waals surface area contributed by atoms with Crippen LogP contribution in [0.25, 0.3) is 35.0 Å². The molecular weight excluding hydrogens is 2000 g/mol. The van der Waals surface area contributed by atoms with Crippen molar-refractivity contribution in [3.63, 3.8) is 0 Å². The van der Waals surface area contributed by atoms with Crippen molar-refractivity contribution in [1.82, 2.24) is 0 Å². The summed E-state index contributed by atoms with van der Waals surface area (Å²) in [7, 11) is 1.34. The molecule has 0 aliphatic rings. The van der Waals surface area contributed by atoms with E-state index in [-0.39, 0.29) is 76.6 Å². The first-order valence-electron chi connectivity index (χ1n) is 40.8. The van der Waals surface area contributed by atoms with Crippen LogP contribution in [-0.4, -0.2) is 80.8 Å². The van der Waals surface area contributed by atoms with Crippen LogP contribution in [0.5, 0.6) is 0 Å². The van der Waals surface area contributed by atoms with Crippen molar-refractivity contribution < 1.29 is 59.3 Å². The van der Waals surface area contributed by atoms with Crippen molar-refractivity contribution in [2.75, 3.05) is 20.3 Å². The average Bonchev–Trinajstić information content (AvgIpc) is 0.817. The van der Waals surface area contributed by atoms with Gasteiger partial charge >= 0.3 is 29.8 Å². The molecule has 0 aromatic heterocycles. The first kappa shape index (κ1) is 121. The fourth-order valence-corrected chi connectivity index (χ4v) is 15.5. The molecule has 2 unspecified atom stereocenters. The van der Waals surface area contributed by atoms with Crippen molar-refractivity contribution >= 4 is 203 Å². The lowest BCUT2D eigenvalue weighted by atomic mass is 9.74. The molecule has 134 heavy (non-hydrogen) atoms. The number of aliphatic carboxylic acids is 4. The molecule has 0 amide bonds. The molecule has 0 saturated carbocycles. The molecule has 31 heteroatoms. The number of allylic oxidation sites excluding steroid dienone is 2. The number of halogens is 14. The van der Waals surface area contributed by atoms with Gasteiger partial charge in [0.15, 0.2) is 0 Å². The number of fused-ring (bicyclic) bond motifs is 1.